The van der Waals surface area contributed by atoms with Crippen molar-refractivity contribution in [2.45, 2.75) is 19.0 Å². The average Bonchev–Trinajstić information content (AvgIpc) is 2.61. The number of carbonyl (C=O) groups excluding carboxylic acids is 3. The van der Waals surface area contributed by atoms with Gasteiger partial charge < -0.3 is 19.5 Å². The molecule has 0 aliphatic carbocycles. The minimum absolute atomic E-state index is 0.178. The number of ether oxygens (including phenoxy) is 3. The lowest BCUT2D eigenvalue weighted by Crippen LogP contribution is -2.36. The van der Waals surface area contributed by atoms with Gasteiger partial charge in [-0.2, -0.15) is 13.2 Å². The second-order valence-electron chi connectivity index (χ2n) is 5.33. The van der Waals surface area contributed by atoms with E-state index in [4.69, 9.17) is 9.47 Å². The molecule has 0 atom stereocenters. The monoisotopic (exact) mass is 375 g/mol. The van der Waals surface area contributed by atoms with Gasteiger partial charge in [0.25, 0.3) is 5.91 Å². The highest BCUT2D eigenvalue weighted by molar-refractivity contribution is 5.98. The van der Waals surface area contributed by atoms with Crippen molar-refractivity contribution in [3.63, 3.8) is 0 Å². The number of esters is 1. The first kappa shape index (κ1) is 19.5. The SMILES string of the molecule is O=C(COC(=O)CCC(=O)c1ccc2c(c1)OCCO2)NCC(F)(F)F. The lowest BCUT2D eigenvalue weighted by Gasteiger charge is -2.18. The van der Waals surface area contributed by atoms with Crippen LogP contribution in [0.4, 0.5) is 13.2 Å². The summed E-state index contributed by atoms with van der Waals surface area (Å²) < 4.78 is 51.0. The Bertz CT molecular complexity index is 689. The molecular formula is C16H16F3NO6. The van der Waals surface area contributed by atoms with E-state index in [1.54, 1.807) is 11.4 Å². The number of amides is 1. The van der Waals surface area contributed by atoms with Crippen molar-refractivity contribution in [3.05, 3.63) is 23.8 Å². The second kappa shape index (κ2) is 8.54. The number of hydrogen-bond acceptors (Lipinski definition) is 6. The summed E-state index contributed by atoms with van der Waals surface area (Å²) in [5.41, 5.74) is 0.324. The number of ketones is 1. The van der Waals surface area contributed by atoms with Crippen molar-refractivity contribution >= 4 is 17.7 Å². The Balaban J connectivity index is 1.73. The zero-order valence-corrected chi connectivity index (χ0v) is 13.6. The van der Waals surface area contributed by atoms with E-state index in [-0.39, 0.29) is 18.6 Å². The summed E-state index contributed by atoms with van der Waals surface area (Å²) in [6.45, 7) is -1.56. The number of hydrogen-bond donors (Lipinski definition) is 1. The first-order valence-corrected chi connectivity index (χ1v) is 7.66. The maximum Gasteiger partial charge on any atom is 0.405 e. The predicted molar refractivity (Wildman–Crippen MR) is 81.0 cm³/mol. The zero-order valence-electron chi connectivity index (χ0n) is 13.6. The van der Waals surface area contributed by atoms with Crippen LogP contribution in [0.1, 0.15) is 23.2 Å². The van der Waals surface area contributed by atoms with E-state index in [1.807, 2.05) is 0 Å². The van der Waals surface area contributed by atoms with E-state index >= 15 is 0 Å². The van der Waals surface area contributed by atoms with E-state index < -0.39 is 31.2 Å². The molecule has 26 heavy (non-hydrogen) atoms. The third-order valence-corrected chi connectivity index (χ3v) is 3.27. The first-order chi connectivity index (χ1) is 12.2. The Hall–Kier alpha value is -2.78. The molecule has 0 saturated carbocycles. The van der Waals surface area contributed by atoms with Gasteiger partial charge in [0.1, 0.15) is 19.8 Å². The Labute approximate surface area is 146 Å². The lowest BCUT2D eigenvalue weighted by atomic mass is 10.1. The van der Waals surface area contributed by atoms with Crippen molar-refractivity contribution in [1.29, 1.82) is 0 Å². The minimum atomic E-state index is -4.55. The molecule has 0 unspecified atom stereocenters. The Morgan fingerprint density at radius 3 is 2.46 bits per heavy atom. The molecule has 7 nitrogen and oxygen atoms in total. The molecule has 1 aromatic carbocycles. The van der Waals surface area contributed by atoms with E-state index in [1.165, 1.54) is 12.1 Å². The smallest absolute Gasteiger partial charge is 0.405 e. The largest absolute Gasteiger partial charge is 0.486 e. The van der Waals surface area contributed by atoms with Crippen LogP contribution in [0.3, 0.4) is 0 Å². The molecule has 1 amide bonds. The Morgan fingerprint density at radius 1 is 1.08 bits per heavy atom. The molecule has 0 radical (unpaired) electrons. The van der Waals surface area contributed by atoms with Crippen LogP contribution in [0.2, 0.25) is 0 Å². The molecule has 1 aromatic rings. The predicted octanol–water partition coefficient (Wildman–Crippen LogP) is 1.64. The zero-order chi connectivity index (χ0) is 19.2. The highest BCUT2D eigenvalue weighted by Crippen LogP contribution is 2.31. The highest BCUT2D eigenvalue weighted by Gasteiger charge is 2.27. The molecule has 0 bridgehead atoms. The fourth-order valence-electron chi connectivity index (χ4n) is 2.04. The average molecular weight is 375 g/mol. The van der Waals surface area contributed by atoms with Crippen LogP contribution < -0.4 is 14.8 Å². The minimum Gasteiger partial charge on any atom is -0.486 e. The molecule has 0 aromatic heterocycles. The fraction of sp³-hybridized carbons (Fsp3) is 0.438. The van der Waals surface area contributed by atoms with Crippen LogP contribution in [-0.2, 0) is 14.3 Å². The maximum atomic E-state index is 12.1. The quantitative estimate of drug-likeness (QED) is 0.576. The van der Waals surface area contributed by atoms with Crippen LogP contribution in [0, 0.1) is 0 Å². The number of alkyl halides is 3. The van der Waals surface area contributed by atoms with E-state index in [2.05, 4.69) is 4.74 Å². The van der Waals surface area contributed by atoms with E-state index in [9.17, 15) is 27.6 Å². The molecule has 1 aliphatic heterocycles. The highest BCUT2D eigenvalue weighted by atomic mass is 19.4. The molecule has 10 heteroatoms. The van der Waals surface area contributed by atoms with E-state index in [0.29, 0.717) is 30.3 Å². The number of carbonyl (C=O) groups is 3. The van der Waals surface area contributed by atoms with Crippen LogP contribution in [0.15, 0.2) is 18.2 Å². The summed E-state index contributed by atoms with van der Waals surface area (Å²) in [6, 6.07) is 4.63. The molecule has 142 valence electrons. The number of nitrogens with one attached hydrogen (secondary N) is 1. The normalized spacial score (nSPS) is 13.0. The van der Waals surface area contributed by atoms with Gasteiger partial charge in [0.2, 0.25) is 0 Å². The molecule has 0 spiro atoms. The van der Waals surface area contributed by atoms with Gasteiger partial charge in [-0.15, -0.1) is 0 Å². The third kappa shape index (κ3) is 6.26. The summed E-state index contributed by atoms with van der Waals surface area (Å²) in [5, 5.41) is 1.56. The van der Waals surface area contributed by atoms with Crippen molar-refractivity contribution in [2.24, 2.45) is 0 Å². The van der Waals surface area contributed by atoms with Gasteiger partial charge in [-0.25, -0.2) is 0 Å². The Morgan fingerprint density at radius 2 is 1.77 bits per heavy atom. The van der Waals surface area contributed by atoms with Gasteiger partial charge in [0, 0.05) is 12.0 Å². The lowest BCUT2D eigenvalue weighted by molar-refractivity contribution is -0.151. The summed E-state index contributed by atoms with van der Waals surface area (Å²) in [5.74, 6) is -1.32. The standard InChI is InChI=1S/C16H16F3NO6/c17-16(18,19)9-20-14(22)8-26-15(23)4-2-11(21)10-1-3-12-13(7-10)25-6-5-24-12/h1,3,7H,2,4-6,8-9H2,(H,20,22). The molecule has 2 rings (SSSR count). The van der Waals surface area contributed by atoms with Crippen LogP contribution >= 0.6 is 0 Å². The van der Waals surface area contributed by atoms with Crippen molar-refractivity contribution in [3.8, 4) is 11.5 Å². The van der Waals surface area contributed by atoms with Crippen LogP contribution in [0.25, 0.3) is 0 Å². The number of fused-ring (bicyclic) bond motifs is 1. The van der Waals surface area contributed by atoms with Crippen molar-refractivity contribution in [1.82, 2.24) is 5.32 Å². The first-order valence-electron chi connectivity index (χ1n) is 7.66. The molecule has 1 aliphatic rings. The molecular weight excluding hydrogens is 359 g/mol. The summed E-state index contributed by atoms with van der Waals surface area (Å²) in [4.78, 5) is 34.7. The van der Waals surface area contributed by atoms with Gasteiger partial charge in [-0.05, 0) is 18.2 Å². The number of benzene rings is 1. The summed E-state index contributed by atoms with van der Waals surface area (Å²) in [6.07, 6.45) is -5.03. The Kier molecular flexibility index (Phi) is 6.42. The maximum absolute atomic E-state index is 12.1. The molecule has 0 saturated heterocycles. The van der Waals surface area contributed by atoms with Crippen LogP contribution in [-0.4, -0.2) is 50.2 Å². The van der Waals surface area contributed by atoms with Crippen LogP contribution in [0.5, 0.6) is 11.5 Å². The fourth-order valence-corrected chi connectivity index (χ4v) is 2.04. The van der Waals surface area contributed by atoms with Gasteiger partial charge in [0.05, 0.1) is 6.42 Å². The van der Waals surface area contributed by atoms with Gasteiger partial charge in [0.15, 0.2) is 23.9 Å². The van der Waals surface area contributed by atoms with Gasteiger partial charge >= 0.3 is 12.1 Å². The third-order valence-electron chi connectivity index (χ3n) is 3.27. The topological polar surface area (TPSA) is 90.9 Å². The molecule has 0 fully saturated rings. The van der Waals surface area contributed by atoms with Gasteiger partial charge in [-0.1, -0.05) is 0 Å². The van der Waals surface area contributed by atoms with Crippen molar-refractivity contribution < 1.29 is 41.8 Å². The number of halogens is 3. The molecule has 1 N–H and O–H groups in total. The summed E-state index contributed by atoms with van der Waals surface area (Å²) in [7, 11) is 0. The van der Waals surface area contributed by atoms with E-state index in [0.717, 1.165) is 0 Å². The van der Waals surface area contributed by atoms with Gasteiger partial charge in [-0.3, -0.25) is 14.4 Å². The number of rotatable bonds is 7. The second-order valence-corrected chi connectivity index (χ2v) is 5.33. The van der Waals surface area contributed by atoms with Crippen molar-refractivity contribution in [2.75, 3.05) is 26.4 Å². The summed E-state index contributed by atoms with van der Waals surface area (Å²) >= 11 is 0. The molecule has 1 heterocycles. The number of Topliss-reactive ketones (excluding diaryl/α,β-unsaturated/α-hetero) is 1.